The average molecular weight is 589 g/mol. The Morgan fingerprint density at radius 1 is 0.619 bits per heavy atom. The van der Waals surface area contributed by atoms with Crippen LogP contribution < -0.4 is 22.9 Å². The number of aromatic nitrogens is 6. The summed E-state index contributed by atoms with van der Waals surface area (Å²) in [6.07, 6.45) is -1.81. The van der Waals surface area contributed by atoms with Gasteiger partial charge < -0.3 is 52.8 Å². The van der Waals surface area contributed by atoms with Gasteiger partial charge in [-0.05, 0) is 24.0 Å². The fourth-order valence-corrected chi connectivity index (χ4v) is 5.47. The van der Waals surface area contributed by atoms with Gasteiger partial charge in [-0.15, -0.1) is 10.2 Å². The van der Waals surface area contributed by atoms with Crippen molar-refractivity contribution in [2.45, 2.75) is 99.9 Å². The summed E-state index contributed by atoms with van der Waals surface area (Å²) in [5, 5.41) is 57.1. The molecule has 0 unspecified atom stereocenters. The molecular formula is C26H40N10O6. The minimum Gasteiger partial charge on any atom is -0.389 e. The summed E-state index contributed by atoms with van der Waals surface area (Å²) >= 11 is 0. The van der Waals surface area contributed by atoms with E-state index in [-0.39, 0.29) is 13.2 Å². The van der Waals surface area contributed by atoms with E-state index in [4.69, 9.17) is 32.4 Å². The number of rotatable bonds is 10. The SMILES string of the molecule is N[C@@H]1C[C@H](N)[C@@H](OCc2cn(Cc3ccc(Cn4cc(CO[C@H]5[C@H](O)[C@@H](O)[C@H](N)C[C@@H]5N)nn4)cc3)nn2)[C@H](O)[C@H]1O. The number of aliphatic hydroxyl groups is 4. The van der Waals surface area contributed by atoms with E-state index >= 15 is 0 Å². The van der Waals surface area contributed by atoms with Gasteiger partial charge in [0.15, 0.2) is 0 Å². The van der Waals surface area contributed by atoms with Gasteiger partial charge in [-0.25, -0.2) is 9.36 Å². The third-order valence-electron chi connectivity index (χ3n) is 7.91. The number of nitrogens with zero attached hydrogens (tertiary/aromatic N) is 6. The average Bonchev–Trinajstić information content (AvgIpc) is 3.60. The molecule has 3 aromatic rings. The number of hydrogen-bond acceptors (Lipinski definition) is 14. The van der Waals surface area contributed by atoms with Crippen molar-refractivity contribution in [1.82, 2.24) is 30.0 Å². The number of ether oxygens (including phenoxy) is 2. The molecule has 2 saturated carbocycles. The molecule has 230 valence electrons. The van der Waals surface area contributed by atoms with Crippen molar-refractivity contribution < 1.29 is 29.9 Å². The van der Waals surface area contributed by atoms with Crippen LogP contribution in [0.3, 0.4) is 0 Å². The molecule has 16 heteroatoms. The topological polar surface area (TPSA) is 265 Å². The van der Waals surface area contributed by atoms with Crippen LogP contribution in [0.2, 0.25) is 0 Å². The molecule has 0 spiro atoms. The van der Waals surface area contributed by atoms with Crippen molar-refractivity contribution in [2.75, 3.05) is 0 Å². The number of aliphatic hydroxyl groups excluding tert-OH is 4. The van der Waals surface area contributed by atoms with Crippen LogP contribution >= 0.6 is 0 Å². The summed E-state index contributed by atoms with van der Waals surface area (Å²) in [7, 11) is 0. The van der Waals surface area contributed by atoms with E-state index in [1.165, 1.54) is 0 Å². The summed E-state index contributed by atoms with van der Waals surface area (Å²) in [4.78, 5) is 0. The van der Waals surface area contributed by atoms with E-state index < -0.39 is 60.8 Å². The summed E-state index contributed by atoms with van der Waals surface area (Å²) in [5.74, 6) is 0. The highest BCUT2D eigenvalue weighted by atomic mass is 16.5. The Morgan fingerprint density at radius 2 is 1.00 bits per heavy atom. The van der Waals surface area contributed by atoms with Crippen LogP contribution in [0.15, 0.2) is 36.7 Å². The maximum absolute atomic E-state index is 10.3. The van der Waals surface area contributed by atoms with Gasteiger partial charge in [-0.3, -0.25) is 0 Å². The molecule has 2 aromatic heterocycles. The Hall–Kier alpha value is -2.90. The predicted octanol–water partition coefficient (Wildman–Crippen LogP) is -3.70. The zero-order valence-electron chi connectivity index (χ0n) is 23.1. The molecule has 0 radical (unpaired) electrons. The predicted molar refractivity (Wildman–Crippen MR) is 147 cm³/mol. The highest BCUT2D eigenvalue weighted by Gasteiger charge is 2.42. The van der Waals surface area contributed by atoms with Crippen LogP contribution in [-0.2, 0) is 35.8 Å². The number of nitrogens with two attached hydrogens (primary N) is 4. The summed E-state index contributed by atoms with van der Waals surface area (Å²) in [6, 6.07) is 5.78. The fraction of sp³-hybridized carbons (Fsp3) is 0.615. The first-order valence-corrected chi connectivity index (χ1v) is 13.9. The Kier molecular flexibility index (Phi) is 9.58. The normalized spacial score (nSPS) is 33.6. The first-order valence-electron chi connectivity index (χ1n) is 13.9. The zero-order chi connectivity index (χ0) is 30.0. The highest BCUT2D eigenvalue weighted by molar-refractivity contribution is 5.23. The van der Waals surface area contributed by atoms with Gasteiger partial charge >= 0.3 is 0 Å². The molecule has 12 N–H and O–H groups in total. The van der Waals surface area contributed by atoms with Crippen LogP contribution in [-0.4, -0.2) is 111 Å². The quantitative estimate of drug-likeness (QED) is 0.113. The first kappa shape index (κ1) is 30.6. The molecule has 0 bridgehead atoms. The van der Waals surface area contributed by atoms with Crippen molar-refractivity contribution in [3.8, 4) is 0 Å². The van der Waals surface area contributed by atoms with Crippen LogP contribution in [0.4, 0.5) is 0 Å². The van der Waals surface area contributed by atoms with Gasteiger partial charge in [-0.2, -0.15) is 0 Å². The lowest BCUT2D eigenvalue weighted by Gasteiger charge is -2.39. The van der Waals surface area contributed by atoms with E-state index in [1.807, 2.05) is 24.3 Å². The van der Waals surface area contributed by atoms with Gasteiger partial charge in [0.2, 0.25) is 0 Å². The third-order valence-corrected chi connectivity index (χ3v) is 7.91. The summed E-state index contributed by atoms with van der Waals surface area (Å²) in [5.41, 5.74) is 26.9. The zero-order valence-corrected chi connectivity index (χ0v) is 23.1. The van der Waals surface area contributed by atoms with E-state index in [9.17, 15) is 20.4 Å². The molecule has 2 fully saturated rings. The highest BCUT2D eigenvalue weighted by Crippen LogP contribution is 2.23. The standard InChI is InChI=1S/C26H40N10O6/c27-17-5-19(29)25(23(39)21(17)37)41-11-15-9-35(33-31-15)7-13-1-2-14(4-3-13)8-36-10-16(32-34-36)12-42-26-20(30)6-18(28)22(38)24(26)40/h1-4,9-10,17-26,37-40H,5-8,11-12,27-30H2/t17-,18-,19+,20+,21+,22+,23-,24-,25-,26-/m1/s1. The maximum atomic E-state index is 10.3. The molecule has 0 aliphatic heterocycles. The van der Waals surface area contributed by atoms with E-state index in [0.29, 0.717) is 37.3 Å². The Bertz CT molecular complexity index is 1190. The van der Waals surface area contributed by atoms with Crippen molar-refractivity contribution in [2.24, 2.45) is 22.9 Å². The maximum Gasteiger partial charge on any atom is 0.109 e. The lowest BCUT2D eigenvalue weighted by Crippen LogP contribution is -2.61. The summed E-state index contributed by atoms with van der Waals surface area (Å²) in [6.45, 7) is 1.16. The van der Waals surface area contributed by atoms with Crippen LogP contribution in [0.1, 0.15) is 35.4 Å². The Labute approximate surface area is 242 Å². The number of hydrogen-bond donors (Lipinski definition) is 8. The lowest BCUT2D eigenvalue weighted by atomic mass is 9.85. The number of benzene rings is 1. The molecule has 0 amide bonds. The second-order valence-electron chi connectivity index (χ2n) is 11.3. The second kappa shape index (κ2) is 13.2. The summed E-state index contributed by atoms with van der Waals surface area (Å²) < 4.78 is 14.9. The molecular weight excluding hydrogens is 548 g/mol. The monoisotopic (exact) mass is 588 g/mol. The Balaban J connectivity index is 1.09. The van der Waals surface area contributed by atoms with Gasteiger partial charge in [-0.1, -0.05) is 34.7 Å². The minimum atomic E-state index is -1.17. The molecule has 5 rings (SSSR count). The smallest absolute Gasteiger partial charge is 0.109 e. The molecule has 10 atom stereocenters. The van der Waals surface area contributed by atoms with Crippen LogP contribution in [0.5, 0.6) is 0 Å². The van der Waals surface area contributed by atoms with E-state index in [0.717, 1.165) is 11.1 Å². The fourth-order valence-electron chi connectivity index (χ4n) is 5.47. The van der Waals surface area contributed by atoms with Crippen molar-refractivity contribution in [3.05, 3.63) is 59.2 Å². The van der Waals surface area contributed by atoms with Gasteiger partial charge in [0, 0.05) is 24.2 Å². The van der Waals surface area contributed by atoms with Gasteiger partial charge in [0.1, 0.15) is 35.8 Å². The van der Waals surface area contributed by atoms with Crippen LogP contribution in [0, 0.1) is 0 Å². The lowest BCUT2D eigenvalue weighted by molar-refractivity contribution is -0.132. The first-order chi connectivity index (χ1) is 20.1. The molecule has 2 aliphatic carbocycles. The molecule has 16 nitrogen and oxygen atoms in total. The molecule has 2 heterocycles. The van der Waals surface area contributed by atoms with Crippen molar-refractivity contribution in [1.29, 1.82) is 0 Å². The second-order valence-corrected chi connectivity index (χ2v) is 11.3. The van der Waals surface area contributed by atoms with E-state index in [2.05, 4.69) is 20.6 Å². The molecule has 0 saturated heterocycles. The Morgan fingerprint density at radius 3 is 1.38 bits per heavy atom. The molecule has 42 heavy (non-hydrogen) atoms. The molecule has 2 aliphatic rings. The third kappa shape index (κ3) is 7.00. The van der Waals surface area contributed by atoms with Gasteiger partial charge in [0.25, 0.3) is 0 Å². The largest absolute Gasteiger partial charge is 0.389 e. The molecule has 1 aromatic carbocycles. The van der Waals surface area contributed by atoms with Crippen molar-refractivity contribution in [3.63, 3.8) is 0 Å². The minimum absolute atomic E-state index is 0.0887. The van der Waals surface area contributed by atoms with Crippen molar-refractivity contribution >= 4 is 0 Å². The van der Waals surface area contributed by atoms with E-state index in [1.54, 1.807) is 21.8 Å². The van der Waals surface area contributed by atoms with Gasteiger partial charge in [0.05, 0.1) is 50.9 Å². The van der Waals surface area contributed by atoms with Crippen LogP contribution in [0.25, 0.3) is 0 Å².